The summed E-state index contributed by atoms with van der Waals surface area (Å²) in [5.74, 6) is -1.47. The first kappa shape index (κ1) is 22.6. The highest BCUT2D eigenvalue weighted by Gasteiger charge is 2.44. The molecule has 0 bridgehead atoms. The van der Waals surface area contributed by atoms with Crippen molar-refractivity contribution >= 4 is 29.9 Å². The molecule has 0 spiro atoms. The van der Waals surface area contributed by atoms with E-state index in [9.17, 15) is 32.3 Å². The number of benzene rings is 1. The van der Waals surface area contributed by atoms with E-state index in [-0.39, 0.29) is 18.7 Å². The Balaban J connectivity index is 0.000000401. The van der Waals surface area contributed by atoms with Gasteiger partial charge in [-0.3, -0.25) is 34.2 Å². The molecule has 1 aromatic carbocycles. The second-order valence-corrected chi connectivity index (χ2v) is 7.44. The summed E-state index contributed by atoms with van der Waals surface area (Å²) in [6, 6.07) is 4.50. The van der Waals surface area contributed by atoms with E-state index < -0.39 is 36.2 Å². The molecule has 2 saturated heterocycles. The highest BCUT2D eigenvalue weighted by molar-refractivity contribution is 6.23. The number of nitrogens with zero attached hydrogens (tertiary/aromatic N) is 1. The second-order valence-electron chi connectivity index (χ2n) is 7.44. The summed E-state index contributed by atoms with van der Waals surface area (Å²) in [7, 11) is 0. The topological polar surface area (TPSA) is 113 Å². The van der Waals surface area contributed by atoms with Crippen LogP contribution in [0, 0.1) is 0 Å². The van der Waals surface area contributed by atoms with Crippen LogP contribution in [0.5, 0.6) is 0 Å². The molecule has 2 N–H and O–H groups in total. The van der Waals surface area contributed by atoms with E-state index in [1.54, 1.807) is 12.1 Å². The maximum atomic E-state index is 12.8. The number of carbonyl (C=O) groups is 5. The van der Waals surface area contributed by atoms with Gasteiger partial charge < -0.3 is 5.32 Å². The third-order valence-corrected chi connectivity index (χ3v) is 5.41. The number of imide groups is 2. The minimum absolute atomic E-state index is 0.129. The smallest absolute Gasteiger partial charge is 0.317 e. The first-order valence-corrected chi connectivity index (χ1v) is 9.71. The van der Waals surface area contributed by atoms with Gasteiger partial charge in [0, 0.05) is 6.42 Å². The van der Waals surface area contributed by atoms with Gasteiger partial charge in [0.1, 0.15) is 6.04 Å². The molecule has 166 valence electrons. The monoisotopic (exact) mass is 439 g/mol. The molecule has 31 heavy (non-hydrogen) atoms. The van der Waals surface area contributed by atoms with Gasteiger partial charge in [0.25, 0.3) is 11.8 Å². The molecule has 0 radical (unpaired) electrons. The quantitative estimate of drug-likeness (QED) is 0.531. The van der Waals surface area contributed by atoms with Crippen LogP contribution in [0.15, 0.2) is 18.2 Å². The van der Waals surface area contributed by atoms with Gasteiger partial charge in [-0.2, -0.15) is 13.2 Å². The van der Waals surface area contributed by atoms with Gasteiger partial charge in [-0.1, -0.05) is 6.07 Å². The summed E-state index contributed by atoms with van der Waals surface area (Å²) < 4.78 is 31.2. The minimum Gasteiger partial charge on any atom is -0.317 e. The fourth-order valence-electron chi connectivity index (χ4n) is 3.90. The second kappa shape index (κ2) is 8.96. The normalized spacial score (nSPS) is 21.9. The summed E-state index contributed by atoms with van der Waals surface area (Å²) in [5.41, 5.74) is 1.77. The molecule has 3 heterocycles. The molecule has 4 amide bonds. The van der Waals surface area contributed by atoms with Crippen LogP contribution >= 0.6 is 0 Å². The first-order chi connectivity index (χ1) is 14.6. The van der Waals surface area contributed by atoms with E-state index in [1.165, 1.54) is 0 Å². The maximum Gasteiger partial charge on any atom is 0.446 e. The van der Waals surface area contributed by atoms with Crippen LogP contribution in [0.3, 0.4) is 0 Å². The van der Waals surface area contributed by atoms with Gasteiger partial charge in [0.05, 0.1) is 11.1 Å². The molecule has 3 aliphatic heterocycles. The average Bonchev–Trinajstić information content (AvgIpc) is 2.99. The van der Waals surface area contributed by atoms with Crippen molar-refractivity contribution in [1.29, 1.82) is 0 Å². The molecule has 0 aliphatic carbocycles. The van der Waals surface area contributed by atoms with Crippen molar-refractivity contribution in [3.63, 3.8) is 0 Å². The maximum absolute atomic E-state index is 12.8. The lowest BCUT2D eigenvalue weighted by Crippen LogP contribution is -2.54. The molecule has 8 nitrogen and oxygen atoms in total. The van der Waals surface area contributed by atoms with E-state index in [1.807, 2.05) is 6.07 Å². The van der Waals surface area contributed by atoms with Gasteiger partial charge in [0.15, 0.2) is 0 Å². The van der Waals surface area contributed by atoms with Gasteiger partial charge in [-0.15, -0.1) is 0 Å². The third kappa shape index (κ3) is 4.98. The predicted molar refractivity (Wildman–Crippen MR) is 100 cm³/mol. The number of carbonyl (C=O) groups excluding carboxylic acids is 5. The lowest BCUT2D eigenvalue weighted by molar-refractivity contribution is -0.156. The van der Waals surface area contributed by atoms with E-state index in [4.69, 9.17) is 4.79 Å². The number of hydrogen-bond donors (Lipinski definition) is 2. The number of halogens is 3. The largest absolute Gasteiger partial charge is 0.446 e. The number of aldehydes is 1. The number of alkyl halides is 3. The van der Waals surface area contributed by atoms with Crippen molar-refractivity contribution in [1.82, 2.24) is 15.5 Å². The van der Waals surface area contributed by atoms with Crippen molar-refractivity contribution in [2.24, 2.45) is 0 Å². The number of piperidine rings is 2. The first-order valence-electron chi connectivity index (χ1n) is 9.71. The lowest BCUT2D eigenvalue weighted by Gasteiger charge is -2.27. The average molecular weight is 439 g/mol. The highest BCUT2D eigenvalue weighted by atomic mass is 19.4. The van der Waals surface area contributed by atoms with Crippen LogP contribution in [0.1, 0.15) is 57.9 Å². The zero-order chi connectivity index (χ0) is 22.8. The summed E-state index contributed by atoms with van der Waals surface area (Å²) in [4.78, 5) is 58.5. The van der Waals surface area contributed by atoms with Crippen molar-refractivity contribution in [2.75, 3.05) is 13.1 Å². The molecular formula is C20H20F3N3O5. The Labute approximate surface area is 175 Å². The zero-order valence-electron chi connectivity index (χ0n) is 16.3. The van der Waals surface area contributed by atoms with E-state index in [0.29, 0.717) is 17.0 Å². The van der Waals surface area contributed by atoms with Gasteiger partial charge in [0.2, 0.25) is 18.1 Å². The Kier molecular flexibility index (Phi) is 6.54. The molecule has 4 rings (SSSR count). The molecular weight excluding hydrogens is 419 g/mol. The highest BCUT2D eigenvalue weighted by Crippen LogP contribution is 2.32. The Morgan fingerprint density at radius 3 is 2.16 bits per heavy atom. The number of rotatable bonds is 2. The predicted octanol–water partition coefficient (Wildman–Crippen LogP) is 1.30. The molecule has 0 saturated carbocycles. The standard InChI is InChI=1S/C18H19N3O4.C2HF3O/c22-15-4-3-14(16(23)20-15)21-17(24)12-2-1-11(9-13(12)18(21)25)10-5-7-19-8-6-10;3-2(4,5)1-6/h1-2,9-10,14,19H,3-8H2,(H,20,22,23);1H. The van der Waals surface area contributed by atoms with Crippen LogP contribution in [-0.4, -0.2) is 60.1 Å². The van der Waals surface area contributed by atoms with Crippen LogP contribution in [0.25, 0.3) is 0 Å². The Morgan fingerprint density at radius 2 is 1.58 bits per heavy atom. The van der Waals surface area contributed by atoms with E-state index in [2.05, 4.69) is 10.6 Å². The van der Waals surface area contributed by atoms with Crippen molar-refractivity contribution in [3.05, 3.63) is 34.9 Å². The molecule has 0 aromatic heterocycles. The Hall–Kier alpha value is -3.08. The summed E-state index contributed by atoms with van der Waals surface area (Å²) in [6.45, 7) is 1.88. The van der Waals surface area contributed by atoms with E-state index in [0.717, 1.165) is 36.4 Å². The molecule has 3 aliphatic rings. The SMILES string of the molecule is O=C1CCC(N2C(=O)c3ccc(C4CCNCC4)cc3C2=O)C(=O)N1.O=CC(F)(F)F. The zero-order valence-corrected chi connectivity index (χ0v) is 16.3. The minimum atomic E-state index is -4.64. The fraction of sp³-hybridized carbons (Fsp3) is 0.450. The van der Waals surface area contributed by atoms with Crippen LogP contribution in [-0.2, 0) is 14.4 Å². The van der Waals surface area contributed by atoms with Gasteiger partial charge in [-0.05, 0) is 56.0 Å². The molecule has 1 aromatic rings. The number of fused-ring (bicyclic) bond motifs is 1. The molecule has 1 atom stereocenters. The number of amides is 4. The van der Waals surface area contributed by atoms with Crippen LogP contribution in [0.4, 0.5) is 13.2 Å². The summed E-state index contributed by atoms with van der Waals surface area (Å²) in [5, 5.41) is 5.52. The van der Waals surface area contributed by atoms with Crippen molar-refractivity contribution < 1.29 is 37.1 Å². The third-order valence-electron chi connectivity index (χ3n) is 5.41. The number of nitrogens with one attached hydrogen (secondary N) is 2. The van der Waals surface area contributed by atoms with Gasteiger partial charge in [-0.25, -0.2) is 0 Å². The Morgan fingerprint density at radius 1 is 0.968 bits per heavy atom. The van der Waals surface area contributed by atoms with E-state index >= 15 is 0 Å². The molecule has 1 unspecified atom stereocenters. The summed E-state index contributed by atoms with van der Waals surface area (Å²) in [6.07, 6.45) is -3.40. The molecule has 11 heteroatoms. The lowest BCUT2D eigenvalue weighted by atomic mass is 9.88. The fourth-order valence-corrected chi connectivity index (χ4v) is 3.90. The summed E-state index contributed by atoms with van der Waals surface area (Å²) >= 11 is 0. The number of hydrogen-bond acceptors (Lipinski definition) is 6. The Bertz CT molecular complexity index is 925. The molecule has 2 fully saturated rings. The van der Waals surface area contributed by atoms with Crippen LogP contribution < -0.4 is 10.6 Å². The van der Waals surface area contributed by atoms with Crippen molar-refractivity contribution in [3.8, 4) is 0 Å². The van der Waals surface area contributed by atoms with Crippen LogP contribution in [0.2, 0.25) is 0 Å². The van der Waals surface area contributed by atoms with Gasteiger partial charge >= 0.3 is 6.18 Å². The van der Waals surface area contributed by atoms with Crippen molar-refractivity contribution in [2.45, 2.75) is 43.8 Å².